The number of nitrogens with one attached hydrogen (secondary N) is 2. The van der Waals surface area contributed by atoms with Crippen molar-refractivity contribution in [2.24, 2.45) is 5.92 Å². The maximum Gasteiger partial charge on any atom is 0.303 e. The van der Waals surface area contributed by atoms with E-state index in [1.807, 2.05) is 6.92 Å². The van der Waals surface area contributed by atoms with Crippen molar-refractivity contribution in [1.29, 1.82) is 0 Å². The molecule has 7 heteroatoms. The number of rotatable bonds is 11. The van der Waals surface area contributed by atoms with Gasteiger partial charge in [0.25, 0.3) is 0 Å². The van der Waals surface area contributed by atoms with Crippen molar-refractivity contribution in [3.63, 3.8) is 0 Å². The summed E-state index contributed by atoms with van der Waals surface area (Å²) in [5.74, 6) is -0.409. The summed E-state index contributed by atoms with van der Waals surface area (Å²) < 4.78 is 6.23. The maximum absolute atomic E-state index is 11.9. The van der Waals surface area contributed by atoms with Gasteiger partial charge in [-0.25, -0.2) is 0 Å². The molecule has 2 fully saturated rings. The molecule has 0 aromatic rings. The fourth-order valence-electron chi connectivity index (χ4n) is 3.77. The monoisotopic (exact) mass is 382 g/mol. The fourth-order valence-corrected chi connectivity index (χ4v) is 3.84. The van der Waals surface area contributed by atoms with Gasteiger partial charge < -0.3 is 20.5 Å². The van der Waals surface area contributed by atoms with Gasteiger partial charge in [-0.2, -0.15) is 0 Å². The fraction of sp³-hybridized carbons (Fsp3) is 0.737. The molecule has 0 unspecified atom stereocenters. The topological polar surface area (TPSA) is 87.7 Å². The zero-order valence-corrected chi connectivity index (χ0v) is 16.3. The Morgan fingerprint density at radius 1 is 1.35 bits per heavy atom. The Bertz CT molecular complexity index is 552. The Balaban J connectivity index is 1.68. The molecule has 3 atom stereocenters. The third-order valence-electron chi connectivity index (χ3n) is 5.19. The maximum atomic E-state index is 11.9. The van der Waals surface area contributed by atoms with Crippen molar-refractivity contribution < 1.29 is 19.4 Å². The number of carboxylic acids is 1. The highest BCUT2D eigenvalue weighted by Crippen LogP contribution is 2.48. The van der Waals surface area contributed by atoms with Crippen LogP contribution in [0.3, 0.4) is 0 Å². The average Bonchev–Trinajstić information content (AvgIpc) is 3.19. The van der Waals surface area contributed by atoms with Crippen LogP contribution in [-0.4, -0.2) is 46.8 Å². The molecule has 0 spiro atoms. The van der Waals surface area contributed by atoms with Crippen LogP contribution in [0.1, 0.15) is 58.3 Å². The highest BCUT2D eigenvalue weighted by molar-refractivity contribution is 7.80. The van der Waals surface area contributed by atoms with Crippen LogP contribution in [0.2, 0.25) is 0 Å². The van der Waals surface area contributed by atoms with Gasteiger partial charge in [-0.05, 0) is 44.9 Å². The average molecular weight is 383 g/mol. The molecule has 0 saturated carbocycles. The van der Waals surface area contributed by atoms with Gasteiger partial charge >= 0.3 is 5.97 Å². The van der Waals surface area contributed by atoms with Gasteiger partial charge in [0.2, 0.25) is 5.91 Å². The van der Waals surface area contributed by atoms with Crippen LogP contribution in [0.15, 0.2) is 12.2 Å². The normalized spacial score (nSPS) is 27.0. The lowest BCUT2D eigenvalue weighted by Gasteiger charge is -2.26. The van der Waals surface area contributed by atoms with Crippen molar-refractivity contribution in [2.45, 2.75) is 70.0 Å². The Kier molecular flexibility index (Phi) is 8.03. The predicted octanol–water partition coefficient (Wildman–Crippen LogP) is 2.57. The van der Waals surface area contributed by atoms with Gasteiger partial charge in [-0.3, -0.25) is 9.59 Å². The number of amides is 1. The summed E-state index contributed by atoms with van der Waals surface area (Å²) in [4.78, 5) is 23.1. The van der Waals surface area contributed by atoms with E-state index in [0.717, 1.165) is 38.5 Å². The van der Waals surface area contributed by atoms with E-state index in [-0.39, 0.29) is 30.6 Å². The molecule has 2 heterocycles. The molecular weight excluding hydrogens is 352 g/mol. The largest absolute Gasteiger partial charge is 0.481 e. The second kappa shape index (κ2) is 10.0. The van der Waals surface area contributed by atoms with Crippen LogP contribution in [0.25, 0.3) is 0 Å². The van der Waals surface area contributed by atoms with Crippen LogP contribution in [-0.2, 0) is 14.3 Å². The van der Waals surface area contributed by atoms with Gasteiger partial charge in [0.05, 0.1) is 23.2 Å². The van der Waals surface area contributed by atoms with Crippen molar-refractivity contribution in [2.75, 3.05) is 13.1 Å². The third-order valence-corrected chi connectivity index (χ3v) is 5.63. The van der Waals surface area contributed by atoms with Gasteiger partial charge in [0.1, 0.15) is 0 Å². The Morgan fingerprint density at radius 2 is 2.15 bits per heavy atom. The lowest BCUT2D eigenvalue weighted by atomic mass is 9.79. The van der Waals surface area contributed by atoms with Gasteiger partial charge in [-0.1, -0.05) is 31.3 Å². The summed E-state index contributed by atoms with van der Waals surface area (Å²) in [7, 11) is 0. The number of carboxylic acid groups (broad SMARTS) is 1. The van der Waals surface area contributed by atoms with Gasteiger partial charge in [0, 0.05) is 18.9 Å². The molecule has 1 amide bonds. The van der Waals surface area contributed by atoms with Crippen molar-refractivity contribution in [3.8, 4) is 0 Å². The smallest absolute Gasteiger partial charge is 0.303 e. The number of hydrogen-bond acceptors (Lipinski definition) is 4. The van der Waals surface area contributed by atoms with Crippen molar-refractivity contribution >= 4 is 29.1 Å². The summed E-state index contributed by atoms with van der Waals surface area (Å²) >= 11 is 5.06. The van der Waals surface area contributed by atoms with E-state index in [2.05, 4.69) is 22.8 Å². The number of aliphatic carboxylic acids is 1. The lowest BCUT2D eigenvalue weighted by molar-refractivity contribution is -0.137. The van der Waals surface area contributed by atoms with Gasteiger partial charge in [0.15, 0.2) is 0 Å². The number of unbranched alkanes of at least 4 members (excludes halogenated alkanes) is 1. The van der Waals surface area contributed by atoms with Crippen molar-refractivity contribution in [3.05, 3.63) is 12.2 Å². The molecule has 0 aliphatic carbocycles. The number of hydrogen-bond donors (Lipinski definition) is 3. The Morgan fingerprint density at radius 3 is 2.88 bits per heavy atom. The lowest BCUT2D eigenvalue weighted by Crippen LogP contribution is -2.40. The van der Waals surface area contributed by atoms with Crippen LogP contribution >= 0.6 is 12.2 Å². The minimum absolute atomic E-state index is 0.0315. The highest BCUT2D eigenvalue weighted by Gasteiger charge is 2.50. The first kappa shape index (κ1) is 20.8. The quantitative estimate of drug-likeness (QED) is 0.289. The van der Waals surface area contributed by atoms with E-state index in [1.54, 1.807) is 0 Å². The van der Waals surface area contributed by atoms with E-state index in [9.17, 15) is 9.59 Å². The summed E-state index contributed by atoms with van der Waals surface area (Å²) in [5, 5.41) is 14.6. The number of allylic oxidation sites excluding steroid dienone is 1. The first-order valence-electron chi connectivity index (χ1n) is 9.52. The van der Waals surface area contributed by atoms with E-state index < -0.39 is 5.97 Å². The molecule has 0 aromatic heterocycles. The molecule has 2 bridgehead atoms. The number of carbonyl (C=O) groups is 2. The predicted molar refractivity (Wildman–Crippen MR) is 104 cm³/mol. The number of fused-ring (bicyclic) bond motifs is 2. The van der Waals surface area contributed by atoms with E-state index in [4.69, 9.17) is 22.1 Å². The molecule has 26 heavy (non-hydrogen) atoms. The standard InChI is InChI=1S/C19H30N2O4S/c1-2-17(26)21-13-16(22)20-12-14-11-19(10-8-15(14)25-19)9-6-4-3-5-7-18(23)24/h4,6,14-15H,2-3,5,7-13H2,1H3,(H,20,22)(H,21,26)(H,23,24)/t14-,15+,19-/m0/s1. The number of ether oxygens (including phenoxy) is 1. The zero-order chi connectivity index (χ0) is 19.0. The minimum Gasteiger partial charge on any atom is -0.481 e. The molecule has 3 N–H and O–H groups in total. The van der Waals surface area contributed by atoms with Crippen LogP contribution in [0, 0.1) is 5.92 Å². The molecule has 0 aromatic carbocycles. The van der Waals surface area contributed by atoms with E-state index in [0.29, 0.717) is 23.9 Å². The number of thiocarbonyl (C=S) groups is 1. The molecule has 2 aliphatic heterocycles. The molecule has 0 radical (unpaired) electrons. The molecular formula is C19H30N2O4S. The highest BCUT2D eigenvalue weighted by atomic mass is 32.1. The van der Waals surface area contributed by atoms with E-state index >= 15 is 0 Å². The van der Waals surface area contributed by atoms with Crippen LogP contribution < -0.4 is 10.6 Å². The van der Waals surface area contributed by atoms with Crippen LogP contribution in [0.5, 0.6) is 0 Å². The molecule has 146 valence electrons. The molecule has 2 rings (SSSR count). The Hall–Kier alpha value is -1.47. The van der Waals surface area contributed by atoms with Crippen LogP contribution in [0.4, 0.5) is 0 Å². The first-order chi connectivity index (χ1) is 12.4. The number of carbonyl (C=O) groups excluding carboxylic acids is 1. The molecule has 2 aliphatic rings. The SMILES string of the molecule is CCC(=S)NCC(=O)NC[C@@H]1C[C@]2(CC=CCCCC(=O)O)CC[C@H]1O2. The van der Waals surface area contributed by atoms with E-state index in [1.165, 1.54) is 0 Å². The van der Waals surface area contributed by atoms with Gasteiger partial charge in [-0.15, -0.1) is 0 Å². The summed E-state index contributed by atoms with van der Waals surface area (Å²) in [5.41, 5.74) is -0.0919. The summed E-state index contributed by atoms with van der Waals surface area (Å²) in [6, 6.07) is 0. The van der Waals surface area contributed by atoms with Crippen molar-refractivity contribution in [1.82, 2.24) is 10.6 Å². The second-order valence-corrected chi connectivity index (χ2v) is 7.73. The Labute approximate surface area is 160 Å². The second-order valence-electron chi connectivity index (χ2n) is 7.24. The third kappa shape index (κ3) is 6.36. The zero-order valence-electron chi connectivity index (χ0n) is 15.5. The summed E-state index contributed by atoms with van der Waals surface area (Å²) in [6.45, 7) is 2.84. The summed E-state index contributed by atoms with van der Waals surface area (Å²) in [6.07, 6.45) is 10.8. The minimum atomic E-state index is -0.744. The first-order valence-corrected chi connectivity index (χ1v) is 9.93. The molecule has 2 saturated heterocycles. The molecule has 6 nitrogen and oxygen atoms in total.